The van der Waals surface area contributed by atoms with E-state index in [2.05, 4.69) is 39.7 Å². The number of nitrogens with one attached hydrogen (secondary N) is 2. The zero-order valence-corrected chi connectivity index (χ0v) is 20.7. The van der Waals surface area contributed by atoms with E-state index in [1.54, 1.807) is 12.5 Å². The number of carbonyl (C=O) groups is 1. The normalized spacial score (nSPS) is 16.6. The number of benzene rings is 3. The maximum Gasteiger partial charge on any atom is 0.321 e. The summed E-state index contributed by atoms with van der Waals surface area (Å²) in [6.45, 7) is 3.57. The van der Waals surface area contributed by atoms with Gasteiger partial charge in [0.2, 0.25) is 5.95 Å². The molecule has 2 atom stereocenters. The number of piperidine rings is 1. The number of amides is 2. The van der Waals surface area contributed by atoms with Crippen LogP contribution in [0.5, 0.6) is 0 Å². The molecule has 0 saturated carbocycles. The molecule has 1 fully saturated rings. The highest BCUT2D eigenvalue weighted by Crippen LogP contribution is 2.24. The molecular formula is C29H29N7O. The molecule has 8 nitrogen and oxygen atoms in total. The van der Waals surface area contributed by atoms with Crippen molar-refractivity contribution < 1.29 is 4.79 Å². The van der Waals surface area contributed by atoms with Gasteiger partial charge in [-0.05, 0) is 66.8 Å². The molecule has 6 rings (SSSR count). The number of hydrogen-bond acceptors (Lipinski definition) is 5. The zero-order valence-electron chi connectivity index (χ0n) is 20.7. The van der Waals surface area contributed by atoms with Crippen LogP contribution in [0.4, 0.5) is 16.4 Å². The van der Waals surface area contributed by atoms with Crippen LogP contribution in [-0.4, -0.2) is 49.6 Å². The molecule has 3 heterocycles. The fourth-order valence-electron chi connectivity index (χ4n) is 5.09. The van der Waals surface area contributed by atoms with E-state index in [4.69, 9.17) is 4.98 Å². The molecule has 2 N–H and O–H groups in total. The molecule has 2 aromatic heterocycles. The van der Waals surface area contributed by atoms with Crippen molar-refractivity contribution in [3.63, 3.8) is 0 Å². The van der Waals surface area contributed by atoms with Crippen LogP contribution >= 0.6 is 0 Å². The standard InChI is InChI=1S/C29H29N7O/c1-20(32-28-30-15-14-27(34-28)36-19-31-25-10-4-5-11-26(25)36)23-9-6-16-35(18-23)29(37)33-24-13-12-21-7-2-3-8-22(21)17-24/h2-5,7-8,10-15,17,19-20,23H,6,9,16,18H2,1H3,(H,33,37)(H,30,32,34). The highest BCUT2D eigenvalue weighted by Gasteiger charge is 2.28. The lowest BCUT2D eigenvalue weighted by molar-refractivity contribution is 0.172. The summed E-state index contributed by atoms with van der Waals surface area (Å²) in [5.41, 5.74) is 2.74. The molecule has 3 aromatic carbocycles. The van der Waals surface area contributed by atoms with Gasteiger partial charge in [-0.1, -0.05) is 42.5 Å². The number of para-hydroxylation sites is 2. The fraction of sp³-hybridized carbons (Fsp3) is 0.241. The fourth-order valence-corrected chi connectivity index (χ4v) is 5.09. The second kappa shape index (κ2) is 9.89. The average molecular weight is 492 g/mol. The van der Waals surface area contributed by atoms with E-state index < -0.39 is 0 Å². The van der Waals surface area contributed by atoms with Crippen LogP contribution < -0.4 is 10.6 Å². The van der Waals surface area contributed by atoms with Crippen LogP contribution in [0, 0.1) is 5.92 Å². The number of urea groups is 1. The topological polar surface area (TPSA) is 88.0 Å². The SMILES string of the molecule is CC(Nc1nccc(-n2cnc3ccccc32)n1)C1CCCN(C(=O)Nc2ccc3ccccc3c2)C1. The van der Waals surface area contributed by atoms with E-state index in [0.717, 1.165) is 52.7 Å². The number of anilines is 2. The molecule has 1 saturated heterocycles. The van der Waals surface area contributed by atoms with Crippen molar-refractivity contribution in [1.29, 1.82) is 0 Å². The Hall–Kier alpha value is -4.46. The minimum absolute atomic E-state index is 0.0579. The van der Waals surface area contributed by atoms with Gasteiger partial charge in [0.05, 0.1) is 11.0 Å². The Morgan fingerprint density at radius 3 is 2.76 bits per heavy atom. The molecule has 1 aliphatic heterocycles. The largest absolute Gasteiger partial charge is 0.351 e. The maximum atomic E-state index is 13.1. The molecule has 0 radical (unpaired) electrons. The number of hydrogen-bond donors (Lipinski definition) is 2. The first-order valence-electron chi connectivity index (χ1n) is 12.7. The van der Waals surface area contributed by atoms with Gasteiger partial charge in [-0.25, -0.2) is 14.8 Å². The minimum Gasteiger partial charge on any atom is -0.351 e. The van der Waals surface area contributed by atoms with Crippen molar-refractivity contribution in [3.05, 3.63) is 85.3 Å². The smallest absolute Gasteiger partial charge is 0.321 e. The van der Waals surface area contributed by atoms with E-state index >= 15 is 0 Å². The van der Waals surface area contributed by atoms with Crippen LogP contribution in [-0.2, 0) is 0 Å². The predicted molar refractivity (Wildman–Crippen MR) is 147 cm³/mol. The number of likely N-dealkylation sites (tertiary alicyclic amines) is 1. The molecule has 1 aliphatic rings. The first kappa shape index (κ1) is 23.0. The summed E-state index contributed by atoms with van der Waals surface area (Å²) < 4.78 is 1.96. The lowest BCUT2D eigenvalue weighted by Crippen LogP contribution is -2.46. The average Bonchev–Trinajstić information content (AvgIpc) is 3.37. The molecule has 0 bridgehead atoms. The van der Waals surface area contributed by atoms with Gasteiger partial charge in [0.15, 0.2) is 0 Å². The van der Waals surface area contributed by atoms with Crippen molar-refractivity contribution in [2.24, 2.45) is 5.92 Å². The highest BCUT2D eigenvalue weighted by molar-refractivity contribution is 5.93. The first-order chi connectivity index (χ1) is 18.1. The van der Waals surface area contributed by atoms with Gasteiger partial charge in [-0.15, -0.1) is 0 Å². The first-order valence-corrected chi connectivity index (χ1v) is 12.7. The Labute approximate surface area is 215 Å². The van der Waals surface area contributed by atoms with E-state index in [1.165, 1.54) is 0 Å². The summed E-state index contributed by atoms with van der Waals surface area (Å²) in [5.74, 6) is 1.62. The van der Waals surface area contributed by atoms with Gasteiger partial charge in [-0.2, -0.15) is 4.98 Å². The Morgan fingerprint density at radius 1 is 1.00 bits per heavy atom. The van der Waals surface area contributed by atoms with Crippen LogP contribution in [0.3, 0.4) is 0 Å². The maximum absolute atomic E-state index is 13.1. The van der Waals surface area contributed by atoms with Crippen molar-refractivity contribution in [1.82, 2.24) is 24.4 Å². The third-order valence-electron chi connectivity index (χ3n) is 7.15. The number of rotatable bonds is 5. The summed E-state index contributed by atoms with van der Waals surface area (Å²) in [5, 5.41) is 8.83. The monoisotopic (exact) mass is 491 g/mol. The third-order valence-corrected chi connectivity index (χ3v) is 7.15. The van der Waals surface area contributed by atoms with Crippen LogP contribution in [0.1, 0.15) is 19.8 Å². The van der Waals surface area contributed by atoms with E-state index in [1.807, 2.05) is 70.1 Å². The molecule has 186 valence electrons. The number of carbonyl (C=O) groups excluding carboxylic acids is 1. The summed E-state index contributed by atoms with van der Waals surface area (Å²) >= 11 is 0. The minimum atomic E-state index is -0.0579. The van der Waals surface area contributed by atoms with Crippen molar-refractivity contribution in [2.75, 3.05) is 23.7 Å². The Balaban J connectivity index is 1.11. The zero-order chi connectivity index (χ0) is 25.2. The van der Waals surface area contributed by atoms with Crippen molar-refractivity contribution in [3.8, 4) is 5.82 Å². The molecule has 8 heteroatoms. The van der Waals surface area contributed by atoms with Gasteiger partial charge >= 0.3 is 6.03 Å². The van der Waals surface area contributed by atoms with Crippen LogP contribution in [0.25, 0.3) is 27.6 Å². The second-order valence-corrected chi connectivity index (χ2v) is 9.62. The van der Waals surface area contributed by atoms with Crippen LogP contribution in [0.2, 0.25) is 0 Å². The van der Waals surface area contributed by atoms with Crippen molar-refractivity contribution in [2.45, 2.75) is 25.8 Å². The summed E-state index contributed by atoms with van der Waals surface area (Å²) in [6, 6.07) is 24.1. The Bertz CT molecular complexity index is 1560. The Morgan fingerprint density at radius 2 is 1.84 bits per heavy atom. The molecule has 5 aromatic rings. The number of imidazole rings is 1. The molecule has 2 unspecified atom stereocenters. The van der Waals surface area contributed by atoms with Gasteiger partial charge in [0.1, 0.15) is 12.1 Å². The lowest BCUT2D eigenvalue weighted by atomic mass is 9.92. The lowest BCUT2D eigenvalue weighted by Gasteiger charge is -2.36. The molecule has 2 amide bonds. The number of aromatic nitrogens is 4. The summed E-state index contributed by atoms with van der Waals surface area (Å²) in [7, 11) is 0. The van der Waals surface area contributed by atoms with Gasteiger partial charge in [-0.3, -0.25) is 4.57 Å². The van der Waals surface area contributed by atoms with E-state index in [9.17, 15) is 4.79 Å². The van der Waals surface area contributed by atoms with Gasteiger partial charge in [0.25, 0.3) is 0 Å². The predicted octanol–water partition coefficient (Wildman–Crippen LogP) is 5.71. The second-order valence-electron chi connectivity index (χ2n) is 9.62. The summed E-state index contributed by atoms with van der Waals surface area (Å²) in [6.07, 6.45) is 5.55. The molecule has 0 aliphatic carbocycles. The number of nitrogens with zero attached hydrogens (tertiary/aromatic N) is 5. The quantitative estimate of drug-likeness (QED) is 0.329. The summed E-state index contributed by atoms with van der Waals surface area (Å²) in [4.78, 5) is 28.6. The van der Waals surface area contributed by atoms with Gasteiger partial charge in [0, 0.05) is 31.0 Å². The van der Waals surface area contributed by atoms with E-state index in [0.29, 0.717) is 12.5 Å². The number of fused-ring (bicyclic) bond motifs is 2. The highest BCUT2D eigenvalue weighted by atomic mass is 16.2. The molecule has 37 heavy (non-hydrogen) atoms. The van der Waals surface area contributed by atoms with Gasteiger partial charge < -0.3 is 15.5 Å². The van der Waals surface area contributed by atoms with E-state index in [-0.39, 0.29) is 18.0 Å². The molecule has 0 spiro atoms. The molecular weight excluding hydrogens is 462 g/mol. The van der Waals surface area contributed by atoms with Crippen molar-refractivity contribution >= 4 is 39.5 Å². The van der Waals surface area contributed by atoms with Crippen LogP contribution in [0.15, 0.2) is 85.3 Å². The Kier molecular flexibility index (Phi) is 6.14. The third kappa shape index (κ3) is 4.82.